The highest BCUT2D eigenvalue weighted by atomic mass is 79.9. The summed E-state index contributed by atoms with van der Waals surface area (Å²) in [5.74, 6) is 0.0512. The molecule has 146 valence electrons. The minimum atomic E-state index is -3.39. The van der Waals surface area contributed by atoms with Gasteiger partial charge in [-0.25, -0.2) is 8.42 Å². The maximum absolute atomic E-state index is 12.2. The van der Waals surface area contributed by atoms with E-state index in [9.17, 15) is 13.2 Å². The zero-order valence-corrected chi connectivity index (χ0v) is 17.1. The first-order chi connectivity index (χ1) is 13.0. The van der Waals surface area contributed by atoms with Gasteiger partial charge in [0, 0.05) is 19.6 Å². The molecule has 0 bridgehead atoms. The average molecular weight is 457 g/mol. The molecule has 2 aromatic carbocycles. The molecule has 1 aliphatic heterocycles. The number of ether oxygens (including phenoxy) is 2. The number of hydrogen-bond donors (Lipinski definition) is 1. The van der Waals surface area contributed by atoms with Gasteiger partial charge < -0.3 is 14.8 Å². The summed E-state index contributed by atoms with van der Waals surface area (Å²) < 4.78 is 37.3. The van der Waals surface area contributed by atoms with E-state index in [2.05, 4.69) is 21.2 Å². The number of nitrogens with one attached hydrogen (secondary N) is 1. The van der Waals surface area contributed by atoms with Crippen LogP contribution in [-0.4, -0.2) is 63.8 Å². The number of hydrogen-bond acceptors (Lipinski definition) is 5. The zero-order chi connectivity index (χ0) is 19.3. The van der Waals surface area contributed by atoms with E-state index in [1.54, 1.807) is 6.07 Å². The molecule has 0 spiro atoms. The SMILES string of the molecule is O=C(COc1ccc2ccccc2c1Br)NCCS(=O)(=O)N1CCOCC1. The average Bonchev–Trinajstić information content (AvgIpc) is 2.68. The van der Waals surface area contributed by atoms with Gasteiger partial charge in [0.25, 0.3) is 5.91 Å². The van der Waals surface area contributed by atoms with E-state index >= 15 is 0 Å². The fourth-order valence-corrected chi connectivity index (χ4v) is 4.72. The number of morpholine rings is 1. The number of nitrogens with zero attached hydrogens (tertiary/aromatic N) is 1. The zero-order valence-electron chi connectivity index (χ0n) is 14.7. The molecule has 27 heavy (non-hydrogen) atoms. The summed E-state index contributed by atoms with van der Waals surface area (Å²) in [7, 11) is -3.39. The lowest BCUT2D eigenvalue weighted by Crippen LogP contribution is -2.44. The minimum Gasteiger partial charge on any atom is -0.483 e. The highest BCUT2D eigenvalue weighted by molar-refractivity contribution is 9.10. The van der Waals surface area contributed by atoms with Gasteiger partial charge in [0.2, 0.25) is 10.0 Å². The van der Waals surface area contributed by atoms with Crippen molar-refractivity contribution in [2.75, 3.05) is 45.2 Å². The number of halogens is 1. The van der Waals surface area contributed by atoms with E-state index in [1.165, 1.54) is 4.31 Å². The van der Waals surface area contributed by atoms with Crippen molar-refractivity contribution in [2.45, 2.75) is 0 Å². The Balaban J connectivity index is 1.48. The number of carbonyl (C=O) groups excluding carboxylic acids is 1. The van der Waals surface area contributed by atoms with Crippen molar-refractivity contribution < 1.29 is 22.7 Å². The van der Waals surface area contributed by atoms with Gasteiger partial charge in [-0.15, -0.1) is 0 Å². The Kier molecular flexibility index (Phi) is 6.69. The Morgan fingerprint density at radius 3 is 2.70 bits per heavy atom. The molecule has 0 unspecified atom stereocenters. The van der Waals surface area contributed by atoms with Gasteiger partial charge in [-0.3, -0.25) is 4.79 Å². The van der Waals surface area contributed by atoms with Gasteiger partial charge in [0.05, 0.1) is 23.4 Å². The van der Waals surface area contributed by atoms with Crippen LogP contribution in [0.3, 0.4) is 0 Å². The van der Waals surface area contributed by atoms with Crippen molar-refractivity contribution in [3.8, 4) is 5.75 Å². The van der Waals surface area contributed by atoms with Crippen LogP contribution in [0.2, 0.25) is 0 Å². The van der Waals surface area contributed by atoms with E-state index in [0.29, 0.717) is 32.1 Å². The molecular formula is C18H21BrN2O5S. The summed E-state index contributed by atoms with van der Waals surface area (Å²) in [6, 6.07) is 11.5. The highest BCUT2D eigenvalue weighted by Gasteiger charge is 2.24. The second-order valence-corrected chi connectivity index (χ2v) is 8.95. The van der Waals surface area contributed by atoms with E-state index in [-0.39, 0.29) is 24.8 Å². The normalized spacial score (nSPS) is 15.6. The second kappa shape index (κ2) is 9.01. The molecular weight excluding hydrogens is 436 g/mol. The molecule has 1 aliphatic rings. The lowest BCUT2D eigenvalue weighted by Gasteiger charge is -2.26. The molecule has 0 aromatic heterocycles. The second-order valence-electron chi connectivity index (χ2n) is 6.06. The van der Waals surface area contributed by atoms with Crippen molar-refractivity contribution >= 4 is 42.6 Å². The largest absolute Gasteiger partial charge is 0.483 e. The minimum absolute atomic E-state index is 0.0424. The number of rotatable bonds is 7. The quantitative estimate of drug-likeness (QED) is 0.685. The third kappa shape index (κ3) is 5.19. The molecule has 2 aromatic rings. The van der Waals surface area contributed by atoms with Crippen LogP contribution in [0, 0.1) is 0 Å². The van der Waals surface area contributed by atoms with Crippen LogP contribution in [0.25, 0.3) is 10.8 Å². The summed E-state index contributed by atoms with van der Waals surface area (Å²) in [6.07, 6.45) is 0. The molecule has 0 radical (unpaired) electrons. The third-order valence-corrected chi connectivity index (χ3v) is 6.92. The van der Waals surface area contributed by atoms with Crippen molar-refractivity contribution in [2.24, 2.45) is 0 Å². The van der Waals surface area contributed by atoms with E-state index in [4.69, 9.17) is 9.47 Å². The summed E-state index contributed by atoms with van der Waals surface area (Å²) in [4.78, 5) is 12.0. The van der Waals surface area contributed by atoms with Crippen LogP contribution in [-0.2, 0) is 19.6 Å². The fraction of sp³-hybridized carbons (Fsp3) is 0.389. The Labute approximate surface area is 166 Å². The number of amides is 1. The maximum atomic E-state index is 12.2. The summed E-state index contributed by atoms with van der Waals surface area (Å²) in [5, 5.41) is 4.65. The molecule has 3 rings (SSSR count). The van der Waals surface area contributed by atoms with Gasteiger partial charge in [0.1, 0.15) is 5.75 Å². The monoisotopic (exact) mass is 456 g/mol. The number of benzene rings is 2. The van der Waals surface area contributed by atoms with Gasteiger partial charge in [-0.05, 0) is 32.8 Å². The van der Waals surface area contributed by atoms with Gasteiger partial charge >= 0.3 is 0 Å². The molecule has 0 aliphatic carbocycles. The van der Waals surface area contributed by atoms with Crippen LogP contribution in [0.4, 0.5) is 0 Å². The van der Waals surface area contributed by atoms with Crippen LogP contribution >= 0.6 is 15.9 Å². The molecule has 0 atom stereocenters. The van der Waals surface area contributed by atoms with E-state index in [0.717, 1.165) is 15.2 Å². The maximum Gasteiger partial charge on any atom is 0.257 e. The van der Waals surface area contributed by atoms with Crippen LogP contribution in [0.1, 0.15) is 0 Å². The smallest absolute Gasteiger partial charge is 0.257 e. The predicted octanol–water partition coefficient (Wildman–Crippen LogP) is 1.76. The number of sulfonamides is 1. The predicted molar refractivity (Wildman–Crippen MR) is 106 cm³/mol. The van der Waals surface area contributed by atoms with Crippen molar-refractivity contribution in [1.29, 1.82) is 0 Å². The first-order valence-corrected chi connectivity index (χ1v) is 11.0. The molecule has 9 heteroatoms. The molecule has 0 saturated carbocycles. The highest BCUT2D eigenvalue weighted by Crippen LogP contribution is 2.32. The lowest BCUT2D eigenvalue weighted by atomic mass is 10.1. The van der Waals surface area contributed by atoms with Crippen LogP contribution in [0.5, 0.6) is 5.75 Å². The first kappa shape index (κ1) is 20.1. The Morgan fingerprint density at radius 1 is 1.19 bits per heavy atom. The van der Waals surface area contributed by atoms with E-state index in [1.807, 2.05) is 30.3 Å². The molecule has 1 amide bonds. The van der Waals surface area contributed by atoms with Crippen molar-refractivity contribution in [3.05, 3.63) is 40.9 Å². The lowest BCUT2D eigenvalue weighted by molar-refractivity contribution is -0.122. The van der Waals surface area contributed by atoms with Gasteiger partial charge in [0.15, 0.2) is 6.61 Å². The fourth-order valence-electron chi connectivity index (χ4n) is 2.79. The number of carbonyl (C=O) groups is 1. The summed E-state index contributed by atoms with van der Waals surface area (Å²) >= 11 is 3.50. The summed E-state index contributed by atoms with van der Waals surface area (Å²) in [6.45, 7) is 1.38. The van der Waals surface area contributed by atoms with Gasteiger partial charge in [-0.1, -0.05) is 30.3 Å². The molecule has 1 fully saturated rings. The standard InChI is InChI=1S/C18H21BrN2O5S/c19-18-15-4-2-1-3-14(15)5-6-16(18)26-13-17(22)20-7-12-27(23,24)21-8-10-25-11-9-21/h1-6H,7-13H2,(H,20,22). The van der Waals surface area contributed by atoms with Crippen molar-refractivity contribution in [1.82, 2.24) is 9.62 Å². The molecule has 1 N–H and O–H groups in total. The van der Waals surface area contributed by atoms with Crippen molar-refractivity contribution in [3.63, 3.8) is 0 Å². The molecule has 7 nitrogen and oxygen atoms in total. The van der Waals surface area contributed by atoms with Gasteiger partial charge in [-0.2, -0.15) is 4.31 Å². The Bertz CT molecular complexity index is 913. The molecule has 1 saturated heterocycles. The third-order valence-electron chi connectivity index (χ3n) is 4.23. The number of fused-ring (bicyclic) bond motifs is 1. The molecule has 1 heterocycles. The first-order valence-electron chi connectivity index (χ1n) is 8.60. The van der Waals surface area contributed by atoms with Crippen LogP contribution < -0.4 is 10.1 Å². The topological polar surface area (TPSA) is 84.9 Å². The summed E-state index contributed by atoms with van der Waals surface area (Å²) in [5.41, 5.74) is 0. The Hall–Kier alpha value is -1.68. The van der Waals surface area contributed by atoms with E-state index < -0.39 is 10.0 Å². The Morgan fingerprint density at radius 2 is 1.93 bits per heavy atom. The van der Waals surface area contributed by atoms with Crippen LogP contribution in [0.15, 0.2) is 40.9 Å².